The Hall–Kier alpha value is -1.29. The van der Waals surface area contributed by atoms with E-state index in [0.717, 1.165) is 25.7 Å². The van der Waals surface area contributed by atoms with Gasteiger partial charge in [0.25, 0.3) is 0 Å². The van der Waals surface area contributed by atoms with Gasteiger partial charge in [-0.2, -0.15) is 0 Å². The van der Waals surface area contributed by atoms with Crippen LogP contribution in [0.2, 0.25) is 0 Å². The van der Waals surface area contributed by atoms with E-state index < -0.39 is 5.54 Å². The molecule has 0 atom stereocenters. The van der Waals surface area contributed by atoms with Crippen LogP contribution in [0.15, 0.2) is 18.6 Å². The van der Waals surface area contributed by atoms with Crippen LogP contribution in [0.5, 0.6) is 0 Å². The van der Waals surface area contributed by atoms with Crippen molar-refractivity contribution >= 4 is 5.78 Å². The van der Waals surface area contributed by atoms with Crippen molar-refractivity contribution in [3.8, 4) is 0 Å². The molecule has 0 radical (unpaired) electrons. The minimum Gasteiger partial charge on any atom is -0.319 e. The van der Waals surface area contributed by atoms with E-state index in [4.69, 9.17) is 5.73 Å². The maximum atomic E-state index is 11.9. The van der Waals surface area contributed by atoms with Crippen molar-refractivity contribution in [2.24, 2.45) is 5.73 Å². The lowest BCUT2D eigenvalue weighted by atomic mass is 9.91. The smallest absolute Gasteiger partial charge is 0.202 e. The predicted octanol–water partition coefficient (Wildman–Crippen LogP) is 0.931. The number of carbonyl (C=O) groups is 1. The molecule has 1 saturated carbocycles. The molecule has 4 heteroatoms. The molecule has 1 aromatic heterocycles. The second kappa shape index (κ2) is 3.46. The molecule has 0 spiro atoms. The lowest BCUT2D eigenvalue weighted by Gasteiger charge is -2.20. The summed E-state index contributed by atoms with van der Waals surface area (Å²) >= 11 is 0. The summed E-state index contributed by atoms with van der Waals surface area (Å²) in [5.41, 5.74) is 5.72. The summed E-state index contributed by atoms with van der Waals surface area (Å²) in [7, 11) is 0. The van der Waals surface area contributed by atoms with E-state index in [9.17, 15) is 4.79 Å². The Morgan fingerprint density at radius 1 is 1.36 bits per heavy atom. The Bertz CT molecular complexity index is 330. The molecule has 1 aromatic rings. The molecular weight excluding hydrogens is 178 g/mol. The summed E-state index contributed by atoms with van der Waals surface area (Å²) in [4.78, 5) is 19.8. The van der Waals surface area contributed by atoms with Crippen molar-refractivity contribution in [1.82, 2.24) is 9.97 Å². The molecule has 0 bridgehead atoms. The first-order valence-corrected chi connectivity index (χ1v) is 4.82. The molecule has 2 N–H and O–H groups in total. The van der Waals surface area contributed by atoms with E-state index in [1.165, 1.54) is 12.4 Å². The summed E-state index contributed by atoms with van der Waals surface area (Å²) < 4.78 is 0. The average molecular weight is 191 g/mol. The van der Waals surface area contributed by atoms with Gasteiger partial charge < -0.3 is 5.73 Å². The Morgan fingerprint density at radius 2 is 2.07 bits per heavy atom. The maximum absolute atomic E-state index is 11.9. The molecule has 0 aliphatic heterocycles. The summed E-state index contributed by atoms with van der Waals surface area (Å²) in [6, 6.07) is 0. The highest BCUT2D eigenvalue weighted by molar-refractivity contribution is 6.01. The number of aromatic nitrogens is 2. The lowest BCUT2D eigenvalue weighted by Crippen LogP contribution is -2.45. The molecule has 0 unspecified atom stereocenters. The van der Waals surface area contributed by atoms with Crippen LogP contribution in [0.1, 0.15) is 36.2 Å². The fourth-order valence-electron chi connectivity index (χ4n) is 1.90. The van der Waals surface area contributed by atoms with Crippen LogP contribution in [0, 0.1) is 0 Å². The van der Waals surface area contributed by atoms with Gasteiger partial charge in [-0.3, -0.25) is 9.78 Å². The molecule has 1 aliphatic rings. The molecule has 1 fully saturated rings. The SMILES string of the molecule is NC1(C(=O)c2cnccn2)CCCC1. The van der Waals surface area contributed by atoms with Crippen LogP contribution in [0.3, 0.4) is 0 Å². The van der Waals surface area contributed by atoms with Crippen LogP contribution in [0.25, 0.3) is 0 Å². The lowest BCUT2D eigenvalue weighted by molar-refractivity contribution is 0.0886. The zero-order valence-electron chi connectivity index (χ0n) is 7.94. The Labute approximate surface area is 82.6 Å². The number of Topliss-reactive ketones (excluding diaryl/α,β-unsaturated/α-hetero) is 1. The normalized spacial score (nSPS) is 19.5. The first-order chi connectivity index (χ1) is 6.72. The van der Waals surface area contributed by atoms with Crippen LogP contribution < -0.4 is 5.73 Å². The summed E-state index contributed by atoms with van der Waals surface area (Å²) in [5.74, 6) is -0.0666. The van der Waals surface area contributed by atoms with Gasteiger partial charge in [0.15, 0.2) is 0 Å². The number of hydrogen-bond acceptors (Lipinski definition) is 4. The van der Waals surface area contributed by atoms with Crippen LogP contribution in [-0.2, 0) is 0 Å². The Balaban J connectivity index is 2.24. The molecule has 74 valence electrons. The van der Waals surface area contributed by atoms with E-state index in [0.29, 0.717) is 5.69 Å². The zero-order valence-corrected chi connectivity index (χ0v) is 7.94. The highest BCUT2D eigenvalue weighted by Gasteiger charge is 2.38. The highest BCUT2D eigenvalue weighted by atomic mass is 16.1. The van der Waals surface area contributed by atoms with Crippen LogP contribution in [0.4, 0.5) is 0 Å². The van der Waals surface area contributed by atoms with Crippen molar-refractivity contribution in [3.05, 3.63) is 24.3 Å². The predicted molar refractivity (Wildman–Crippen MR) is 51.7 cm³/mol. The van der Waals surface area contributed by atoms with Gasteiger partial charge in [0.05, 0.1) is 11.7 Å². The summed E-state index contributed by atoms with van der Waals surface area (Å²) in [5, 5.41) is 0. The van der Waals surface area contributed by atoms with Crippen molar-refractivity contribution < 1.29 is 4.79 Å². The number of ketones is 1. The van der Waals surface area contributed by atoms with E-state index in [2.05, 4.69) is 9.97 Å². The van der Waals surface area contributed by atoms with Crippen molar-refractivity contribution in [2.75, 3.05) is 0 Å². The van der Waals surface area contributed by atoms with Gasteiger partial charge in [0, 0.05) is 12.4 Å². The van der Waals surface area contributed by atoms with E-state index in [1.807, 2.05) is 0 Å². The molecule has 1 aliphatic carbocycles. The first kappa shape index (κ1) is 9.27. The van der Waals surface area contributed by atoms with Crippen LogP contribution in [-0.4, -0.2) is 21.3 Å². The number of rotatable bonds is 2. The number of nitrogens with zero attached hydrogens (tertiary/aromatic N) is 2. The zero-order chi connectivity index (χ0) is 10.0. The van der Waals surface area contributed by atoms with E-state index in [-0.39, 0.29) is 5.78 Å². The van der Waals surface area contributed by atoms with Crippen molar-refractivity contribution in [3.63, 3.8) is 0 Å². The second-order valence-corrected chi connectivity index (χ2v) is 3.78. The molecule has 2 rings (SSSR count). The van der Waals surface area contributed by atoms with E-state index >= 15 is 0 Å². The monoisotopic (exact) mass is 191 g/mol. The molecule has 0 saturated heterocycles. The summed E-state index contributed by atoms with van der Waals surface area (Å²) in [6.07, 6.45) is 8.14. The fraction of sp³-hybridized carbons (Fsp3) is 0.500. The largest absolute Gasteiger partial charge is 0.319 e. The second-order valence-electron chi connectivity index (χ2n) is 3.78. The highest BCUT2D eigenvalue weighted by Crippen LogP contribution is 2.29. The molecule has 0 amide bonds. The third-order valence-electron chi connectivity index (χ3n) is 2.74. The number of carbonyl (C=O) groups excluding carboxylic acids is 1. The Morgan fingerprint density at radius 3 is 2.64 bits per heavy atom. The minimum absolute atomic E-state index is 0.0666. The van der Waals surface area contributed by atoms with Gasteiger partial charge in [0.1, 0.15) is 5.69 Å². The van der Waals surface area contributed by atoms with Crippen LogP contribution >= 0.6 is 0 Å². The quantitative estimate of drug-likeness (QED) is 0.706. The van der Waals surface area contributed by atoms with Gasteiger partial charge in [-0.1, -0.05) is 12.8 Å². The van der Waals surface area contributed by atoms with E-state index in [1.54, 1.807) is 6.20 Å². The van der Waals surface area contributed by atoms with Gasteiger partial charge in [0.2, 0.25) is 5.78 Å². The van der Waals surface area contributed by atoms with Crippen molar-refractivity contribution in [2.45, 2.75) is 31.2 Å². The summed E-state index contributed by atoms with van der Waals surface area (Å²) in [6.45, 7) is 0. The maximum Gasteiger partial charge on any atom is 0.202 e. The molecule has 0 aromatic carbocycles. The molecular formula is C10H13N3O. The topological polar surface area (TPSA) is 68.9 Å². The number of nitrogens with two attached hydrogens (primary N) is 1. The first-order valence-electron chi connectivity index (χ1n) is 4.82. The fourth-order valence-corrected chi connectivity index (χ4v) is 1.90. The third-order valence-corrected chi connectivity index (χ3v) is 2.74. The average Bonchev–Trinajstić information content (AvgIpc) is 2.67. The van der Waals surface area contributed by atoms with Crippen molar-refractivity contribution in [1.29, 1.82) is 0 Å². The Kier molecular flexibility index (Phi) is 2.29. The van der Waals surface area contributed by atoms with Gasteiger partial charge in [-0.05, 0) is 12.8 Å². The molecule has 1 heterocycles. The van der Waals surface area contributed by atoms with Gasteiger partial charge >= 0.3 is 0 Å². The van der Waals surface area contributed by atoms with Gasteiger partial charge in [-0.15, -0.1) is 0 Å². The molecule has 14 heavy (non-hydrogen) atoms. The van der Waals surface area contributed by atoms with Gasteiger partial charge in [-0.25, -0.2) is 4.98 Å². The minimum atomic E-state index is -0.684. The number of hydrogen-bond donors (Lipinski definition) is 1. The third kappa shape index (κ3) is 1.53. The molecule has 4 nitrogen and oxygen atoms in total. The standard InChI is InChI=1S/C10H13N3O/c11-10(3-1-2-4-10)9(14)8-7-12-5-6-13-8/h5-7H,1-4,11H2.